The Morgan fingerprint density at radius 3 is 2.54 bits per heavy atom. The molecular weight excluding hydrogens is 611 g/mol. The van der Waals surface area contributed by atoms with Gasteiger partial charge in [-0.25, -0.2) is 14.2 Å². The summed E-state index contributed by atoms with van der Waals surface area (Å²) >= 11 is 0. The van der Waals surface area contributed by atoms with Gasteiger partial charge in [-0.1, -0.05) is 30.4 Å². The lowest BCUT2D eigenvalue weighted by atomic mass is 9.92. The second kappa shape index (κ2) is 13.0. The average molecular weight is 657 g/mol. The maximum absolute atomic E-state index is 15.7. The molecule has 0 amide bonds. The molecule has 1 fully saturated rings. The van der Waals surface area contributed by atoms with E-state index >= 15 is 4.39 Å². The Bertz CT molecular complexity index is 1870. The van der Waals surface area contributed by atoms with Crippen molar-refractivity contribution in [2.75, 3.05) is 24.6 Å². The third-order valence-corrected chi connectivity index (χ3v) is 9.02. The molecule has 0 saturated carbocycles. The lowest BCUT2D eigenvalue weighted by molar-refractivity contribution is -0.160. The Morgan fingerprint density at radius 2 is 1.83 bits per heavy atom. The van der Waals surface area contributed by atoms with Crippen molar-refractivity contribution in [1.82, 2.24) is 14.6 Å². The first-order valence-corrected chi connectivity index (χ1v) is 16.6. The Kier molecular flexibility index (Phi) is 9.08. The SMILES string of the molecule is Cc1cc(F)c2c(c1)O[C@@H](C)C/C=C/COC1(C)CCN(CC1)c1c([C@H](OC(C)(C)C)C(=O)O)c(C)nc3cc(nn13)-c1cccc-2c1. The van der Waals surface area contributed by atoms with Gasteiger partial charge in [0.25, 0.3) is 0 Å². The zero-order chi connectivity index (χ0) is 34.4. The Morgan fingerprint density at radius 1 is 1.10 bits per heavy atom. The quantitative estimate of drug-likeness (QED) is 0.223. The number of nitrogens with zero attached hydrogens (tertiary/aromatic N) is 4. The van der Waals surface area contributed by atoms with Crippen LogP contribution in [-0.2, 0) is 14.3 Å². The molecule has 2 aromatic heterocycles. The molecule has 5 heterocycles. The van der Waals surface area contributed by atoms with E-state index in [0.717, 1.165) is 24.0 Å². The number of fused-ring (bicyclic) bond motifs is 7. The van der Waals surface area contributed by atoms with Gasteiger partial charge < -0.3 is 24.2 Å². The predicted molar refractivity (Wildman–Crippen MR) is 184 cm³/mol. The molecule has 48 heavy (non-hydrogen) atoms. The molecule has 4 aromatic rings. The minimum absolute atomic E-state index is 0.189. The summed E-state index contributed by atoms with van der Waals surface area (Å²) in [6.07, 6.45) is 4.71. The fourth-order valence-electron chi connectivity index (χ4n) is 6.58. The molecule has 9 nitrogen and oxygen atoms in total. The minimum atomic E-state index is -1.27. The summed E-state index contributed by atoms with van der Waals surface area (Å²) in [5.41, 5.74) is 3.72. The van der Waals surface area contributed by atoms with E-state index in [1.54, 1.807) is 4.52 Å². The molecule has 2 aromatic carbocycles. The van der Waals surface area contributed by atoms with Crippen LogP contribution in [0.3, 0.4) is 0 Å². The zero-order valence-electron chi connectivity index (χ0n) is 28.8. The highest BCUT2D eigenvalue weighted by Gasteiger charge is 2.38. The number of rotatable bonds is 3. The maximum Gasteiger partial charge on any atom is 0.337 e. The molecule has 3 aliphatic heterocycles. The fourth-order valence-corrected chi connectivity index (χ4v) is 6.58. The summed E-state index contributed by atoms with van der Waals surface area (Å²) in [4.78, 5) is 19.8. The van der Waals surface area contributed by atoms with Crippen LogP contribution in [0.2, 0.25) is 0 Å². The van der Waals surface area contributed by atoms with Gasteiger partial charge in [-0.05, 0) is 90.6 Å². The molecule has 254 valence electrons. The molecule has 10 heteroatoms. The van der Waals surface area contributed by atoms with Gasteiger partial charge >= 0.3 is 5.97 Å². The number of hydrogen-bond acceptors (Lipinski definition) is 7. The maximum atomic E-state index is 15.7. The first-order chi connectivity index (χ1) is 22.7. The van der Waals surface area contributed by atoms with Gasteiger partial charge in [0, 0.05) is 36.8 Å². The number of aliphatic carboxylic acids is 1. The standard InChI is InChI=1S/C38H45FN4O5/c1-23-19-28(39)33-27-13-10-12-26(21-27)29-22-31-40-25(3)32(34(36(44)45)48-37(4,5)6)35(43(31)41-29)42-16-14-38(7,15-17-42)46-18-9-8-11-24(2)47-30(33)20-23/h8-10,12-13,19-22,24,34H,11,14-18H2,1-7H3,(H,44,45)/b9-8+/t24-,34-/m0/s1. The fraction of sp³-hybridized carbons (Fsp3) is 0.447. The van der Waals surface area contributed by atoms with E-state index in [4.69, 9.17) is 24.3 Å². The Labute approximate surface area is 281 Å². The topological polar surface area (TPSA) is 98.4 Å². The van der Waals surface area contributed by atoms with Crippen LogP contribution in [0.5, 0.6) is 5.75 Å². The zero-order valence-corrected chi connectivity index (χ0v) is 28.8. The van der Waals surface area contributed by atoms with Gasteiger partial charge in [-0.2, -0.15) is 9.61 Å². The second-order valence-corrected chi connectivity index (χ2v) is 14.3. The summed E-state index contributed by atoms with van der Waals surface area (Å²) < 4.78 is 36.4. The smallest absolute Gasteiger partial charge is 0.337 e. The molecule has 1 saturated heterocycles. The van der Waals surface area contributed by atoms with Crippen molar-refractivity contribution in [3.8, 4) is 28.1 Å². The van der Waals surface area contributed by atoms with Crippen LogP contribution in [-0.4, -0.2) is 62.7 Å². The van der Waals surface area contributed by atoms with Crippen molar-refractivity contribution < 1.29 is 28.5 Å². The summed E-state index contributed by atoms with van der Waals surface area (Å²) in [6.45, 7) is 15.0. The Balaban J connectivity index is 1.56. The van der Waals surface area contributed by atoms with Crippen LogP contribution in [0.25, 0.3) is 28.0 Å². The molecule has 0 unspecified atom stereocenters. The molecular formula is C38H45FN4O5. The number of carbonyl (C=O) groups is 1. The van der Waals surface area contributed by atoms with Crippen molar-refractivity contribution in [2.45, 2.75) is 91.1 Å². The molecule has 0 spiro atoms. The van der Waals surface area contributed by atoms with Crippen molar-refractivity contribution in [2.24, 2.45) is 0 Å². The average Bonchev–Trinajstić information content (AvgIpc) is 3.42. The van der Waals surface area contributed by atoms with Gasteiger partial charge in [-0.3, -0.25) is 0 Å². The molecule has 6 bridgehead atoms. The number of aromatic nitrogens is 3. The van der Waals surface area contributed by atoms with Crippen molar-refractivity contribution in [3.63, 3.8) is 0 Å². The van der Waals surface area contributed by atoms with E-state index in [-0.39, 0.29) is 17.5 Å². The summed E-state index contributed by atoms with van der Waals surface area (Å²) in [5.74, 6) is -0.342. The molecule has 0 aliphatic carbocycles. The van der Waals surface area contributed by atoms with Crippen LogP contribution in [0, 0.1) is 19.7 Å². The third-order valence-electron chi connectivity index (χ3n) is 9.02. The highest BCUT2D eigenvalue weighted by atomic mass is 19.1. The summed E-state index contributed by atoms with van der Waals surface area (Å²) in [6, 6.07) is 12.9. The lowest BCUT2D eigenvalue weighted by Crippen LogP contribution is -2.45. The normalized spacial score (nSPS) is 21.5. The van der Waals surface area contributed by atoms with Gasteiger partial charge in [-0.15, -0.1) is 0 Å². The van der Waals surface area contributed by atoms with E-state index < -0.39 is 17.7 Å². The highest BCUT2D eigenvalue weighted by Crippen LogP contribution is 2.40. The number of aryl methyl sites for hydroxylation is 2. The van der Waals surface area contributed by atoms with E-state index in [1.165, 1.54) is 6.07 Å². The number of ether oxygens (including phenoxy) is 3. The van der Waals surface area contributed by atoms with Gasteiger partial charge in [0.2, 0.25) is 0 Å². The van der Waals surface area contributed by atoms with Gasteiger partial charge in [0.15, 0.2) is 11.8 Å². The largest absolute Gasteiger partial charge is 0.490 e. The monoisotopic (exact) mass is 656 g/mol. The predicted octanol–water partition coefficient (Wildman–Crippen LogP) is 7.86. The molecule has 2 atom stereocenters. The van der Waals surface area contributed by atoms with Crippen LogP contribution in [0.15, 0.2) is 54.6 Å². The molecule has 1 N–H and O–H groups in total. The first-order valence-electron chi connectivity index (χ1n) is 16.6. The number of benzene rings is 2. The first kappa shape index (κ1) is 33.6. The Hall–Kier alpha value is -4.28. The van der Waals surface area contributed by atoms with E-state index in [2.05, 4.69) is 11.8 Å². The number of halogens is 1. The van der Waals surface area contributed by atoms with Crippen LogP contribution in [0.4, 0.5) is 10.2 Å². The number of anilines is 1. The third kappa shape index (κ3) is 6.96. The van der Waals surface area contributed by atoms with Crippen molar-refractivity contribution >= 4 is 17.4 Å². The van der Waals surface area contributed by atoms with E-state index in [1.807, 2.05) is 90.1 Å². The van der Waals surface area contributed by atoms with Crippen molar-refractivity contribution in [1.29, 1.82) is 0 Å². The second-order valence-electron chi connectivity index (χ2n) is 14.3. The van der Waals surface area contributed by atoms with E-state index in [9.17, 15) is 9.90 Å². The molecule has 3 aliphatic rings. The minimum Gasteiger partial charge on any atom is -0.490 e. The highest BCUT2D eigenvalue weighted by molar-refractivity contribution is 5.80. The summed E-state index contributed by atoms with van der Waals surface area (Å²) in [7, 11) is 0. The number of hydrogen-bond donors (Lipinski definition) is 1. The van der Waals surface area contributed by atoms with Gasteiger partial charge in [0.05, 0.1) is 40.7 Å². The van der Waals surface area contributed by atoms with Crippen LogP contribution in [0.1, 0.15) is 76.8 Å². The number of piperidine rings is 1. The molecule has 0 radical (unpaired) electrons. The van der Waals surface area contributed by atoms with Crippen LogP contribution >= 0.6 is 0 Å². The van der Waals surface area contributed by atoms with Crippen LogP contribution < -0.4 is 9.64 Å². The number of carboxylic acids is 1. The molecule has 7 rings (SSSR count). The number of carboxylic acid groups (broad SMARTS) is 1. The van der Waals surface area contributed by atoms with Crippen molar-refractivity contribution in [3.05, 3.63) is 77.3 Å². The lowest BCUT2D eigenvalue weighted by Gasteiger charge is -2.41. The van der Waals surface area contributed by atoms with Gasteiger partial charge in [0.1, 0.15) is 17.4 Å². The van der Waals surface area contributed by atoms with E-state index in [0.29, 0.717) is 71.4 Å². The summed E-state index contributed by atoms with van der Waals surface area (Å²) in [5, 5.41) is 15.5.